The first kappa shape index (κ1) is 20.0. The molecule has 1 aromatic carbocycles. The first-order chi connectivity index (χ1) is 14.7. The van der Waals surface area contributed by atoms with Crippen molar-refractivity contribution in [2.75, 3.05) is 47.1 Å². The second-order valence-corrected chi connectivity index (χ2v) is 9.28. The average molecular weight is 412 g/mol. The third kappa shape index (κ3) is 3.00. The van der Waals surface area contributed by atoms with Gasteiger partial charge in [0.05, 0.1) is 6.61 Å². The molecule has 4 bridgehead atoms. The molecule has 6 nitrogen and oxygen atoms in total. The predicted molar refractivity (Wildman–Crippen MR) is 117 cm³/mol. The average Bonchev–Trinajstić information content (AvgIpc) is 3.10. The molecule has 1 aliphatic carbocycles. The van der Waals surface area contributed by atoms with Crippen LogP contribution in [0, 0.1) is 11.8 Å². The molecule has 3 fully saturated rings. The molecule has 5 unspecified atom stereocenters. The summed E-state index contributed by atoms with van der Waals surface area (Å²) in [7, 11) is 3.45. The number of rotatable bonds is 7. The molecular formula is C24H33N3O3. The van der Waals surface area contributed by atoms with E-state index in [0.29, 0.717) is 25.0 Å². The fourth-order valence-corrected chi connectivity index (χ4v) is 6.70. The van der Waals surface area contributed by atoms with Crippen LogP contribution in [-0.2, 0) is 26.1 Å². The van der Waals surface area contributed by atoms with Crippen molar-refractivity contribution in [2.24, 2.45) is 11.8 Å². The Morgan fingerprint density at radius 1 is 1.27 bits per heavy atom. The highest BCUT2D eigenvalue weighted by atomic mass is 16.5. The van der Waals surface area contributed by atoms with Crippen LogP contribution in [0.15, 0.2) is 24.3 Å². The molecule has 0 spiro atoms. The SMILES string of the molecule is COCCNC(=O)C12CC3CC(CCOC)C1N(CCc1c2[nH]c2ccccc12)C3. The summed E-state index contributed by atoms with van der Waals surface area (Å²) >= 11 is 0. The lowest BCUT2D eigenvalue weighted by atomic mass is 9.56. The van der Waals surface area contributed by atoms with Gasteiger partial charge in [0.2, 0.25) is 5.91 Å². The number of nitrogens with zero attached hydrogens (tertiary/aromatic N) is 1. The van der Waals surface area contributed by atoms with Crippen molar-refractivity contribution in [1.82, 2.24) is 15.2 Å². The Labute approximate surface area is 178 Å². The summed E-state index contributed by atoms with van der Waals surface area (Å²) in [5.74, 6) is 1.18. The highest BCUT2D eigenvalue weighted by Gasteiger charge is 2.62. The van der Waals surface area contributed by atoms with E-state index in [1.54, 1.807) is 14.2 Å². The number of carbonyl (C=O) groups is 1. The molecular weight excluding hydrogens is 378 g/mol. The summed E-state index contributed by atoms with van der Waals surface area (Å²) in [5.41, 5.74) is 3.12. The van der Waals surface area contributed by atoms with Gasteiger partial charge in [0, 0.05) is 63.1 Å². The zero-order valence-corrected chi connectivity index (χ0v) is 18.1. The van der Waals surface area contributed by atoms with Gasteiger partial charge in [-0.25, -0.2) is 0 Å². The molecule has 3 aliphatic heterocycles. The summed E-state index contributed by atoms with van der Waals surface area (Å²) in [6.45, 7) is 3.97. The van der Waals surface area contributed by atoms with Crippen LogP contribution in [0.3, 0.4) is 0 Å². The zero-order valence-electron chi connectivity index (χ0n) is 18.1. The van der Waals surface area contributed by atoms with Gasteiger partial charge >= 0.3 is 0 Å². The van der Waals surface area contributed by atoms with Gasteiger partial charge < -0.3 is 19.8 Å². The number of fused-ring (bicyclic) bond motifs is 4. The third-order valence-corrected chi connectivity index (χ3v) is 7.68. The number of aromatic nitrogens is 1. The van der Waals surface area contributed by atoms with Gasteiger partial charge in [-0.05, 0) is 49.1 Å². The lowest BCUT2D eigenvalue weighted by Gasteiger charge is -2.58. The van der Waals surface area contributed by atoms with Gasteiger partial charge in [0.1, 0.15) is 5.41 Å². The zero-order chi connectivity index (χ0) is 20.7. The Kier molecular flexibility index (Phi) is 5.33. The van der Waals surface area contributed by atoms with E-state index in [2.05, 4.69) is 39.5 Å². The quantitative estimate of drug-likeness (QED) is 0.687. The van der Waals surface area contributed by atoms with Crippen molar-refractivity contribution in [1.29, 1.82) is 0 Å². The molecule has 4 heterocycles. The topological polar surface area (TPSA) is 66.6 Å². The van der Waals surface area contributed by atoms with Crippen LogP contribution in [0.1, 0.15) is 30.5 Å². The predicted octanol–water partition coefficient (Wildman–Crippen LogP) is 2.47. The molecule has 30 heavy (non-hydrogen) atoms. The number of benzene rings is 1. The summed E-state index contributed by atoms with van der Waals surface area (Å²) in [6.07, 6.45) is 4.13. The lowest BCUT2D eigenvalue weighted by Crippen LogP contribution is -2.69. The standard InChI is InChI=1S/C24H33N3O3/c1-29-11-8-17-13-16-14-24(23(28)25-9-12-30-2)21-19(7-10-27(15-16)22(17)24)18-5-3-4-6-20(18)26-21/h3-6,16-17,22,26H,7-15H2,1-2H3,(H,25,28). The van der Waals surface area contributed by atoms with E-state index >= 15 is 0 Å². The first-order valence-electron chi connectivity index (χ1n) is 11.3. The fourth-order valence-electron chi connectivity index (χ4n) is 6.70. The fraction of sp³-hybridized carbons (Fsp3) is 0.625. The van der Waals surface area contributed by atoms with E-state index in [0.717, 1.165) is 50.2 Å². The molecule has 162 valence electrons. The maximum atomic E-state index is 14.0. The minimum absolute atomic E-state index is 0.163. The van der Waals surface area contributed by atoms with Crippen LogP contribution in [0.5, 0.6) is 0 Å². The molecule has 1 saturated carbocycles. The van der Waals surface area contributed by atoms with Crippen LogP contribution in [0.25, 0.3) is 10.9 Å². The Morgan fingerprint density at radius 3 is 2.93 bits per heavy atom. The number of amides is 1. The minimum Gasteiger partial charge on any atom is -0.385 e. The molecule has 1 aromatic heterocycles. The van der Waals surface area contributed by atoms with Crippen molar-refractivity contribution in [2.45, 2.75) is 37.1 Å². The van der Waals surface area contributed by atoms with Gasteiger partial charge in [-0.15, -0.1) is 0 Å². The smallest absolute Gasteiger partial charge is 0.233 e. The van der Waals surface area contributed by atoms with Crippen molar-refractivity contribution >= 4 is 16.8 Å². The maximum Gasteiger partial charge on any atom is 0.233 e. The Hall–Kier alpha value is -1.89. The van der Waals surface area contributed by atoms with Gasteiger partial charge in [-0.1, -0.05) is 18.2 Å². The summed E-state index contributed by atoms with van der Waals surface area (Å²) in [5, 5.41) is 4.50. The molecule has 0 radical (unpaired) electrons. The Balaban J connectivity index is 1.65. The van der Waals surface area contributed by atoms with E-state index in [1.807, 2.05) is 0 Å². The molecule has 2 aromatic rings. The number of methoxy groups -OCH3 is 2. The van der Waals surface area contributed by atoms with Crippen molar-refractivity contribution in [3.63, 3.8) is 0 Å². The third-order valence-electron chi connectivity index (χ3n) is 7.68. The van der Waals surface area contributed by atoms with Crippen LogP contribution >= 0.6 is 0 Å². The van der Waals surface area contributed by atoms with E-state index in [4.69, 9.17) is 9.47 Å². The number of hydrogen-bond acceptors (Lipinski definition) is 4. The Morgan fingerprint density at radius 2 is 2.10 bits per heavy atom. The van der Waals surface area contributed by atoms with Crippen molar-refractivity contribution in [3.8, 4) is 0 Å². The van der Waals surface area contributed by atoms with Gasteiger partial charge in [-0.2, -0.15) is 0 Å². The number of piperidine rings is 2. The second-order valence-electron chi connectivity index (χ2n) is 9.28. The van der Waals surface area contributed by atoms with Crippen molar-refractivity contribution in [3.05, 3.63) is 35.5 Å². The number of carbonyl (C=O) groups excluding carboxylic acids is 1. The number of nitrogens with one attached hydrogen (secondary N) is 2. The summed E-state index contributed by atoms with van der Waals surface area (Å²) < 4.78 is 10.7. The van der Waals surface area contributed by atoms with E-state index < -0.39 is 5.41 Å². The number of hydrogen-bond donors (Lipinski definition) is 2. The molecule has 2 N–H and O–H groups in total. The Bertz CT molecular complexity index is 926. The monoisotopic (exact) mass is 411 g/mol. The van der Waals surface area contributed by atoms with Crippen molar-refractivity contribution < 1.29 is 14.3 Å². The van der Waals surface area contributed by atoms with E-state index in [1.165, 1.54) is 17.4 Å². The van der Waals surface area contributed by atoms with Crippen LogP contribution in [0.2, 0.25) is 0 Å². The molecule has 2 saturated heterocycles. The highest BCUT2D eigenvalue weighted by Crippen LogP contribution is 2.55. The molecule has 1 amide bonds. The number of H-pyrrole nitrogens is 1. The second kappa shape index (κ2) is 7.98. The first-order valence-corrected chi connectivity index (χ1v) is 11.3. The number of para-hydroxylation sites is 1. The number of ether oxygens (including phenoxy) is 2. The van der Waals surface area contributed by atoms with Gasteiger partial charge in [0.15, 0.2) is 0 Å². The van der Waals surface area contributed by atoms with Gasteiger partial charge in [0.25, 0.3) is 0 Å². The normalized spacial score (nSPS) is 32.1. The maximum absolute atomic E-state index is 14.0. The van der Waals surface area contributed by atoms with Gasteiger partial charge in [-0.3, -0.25) is 9.69 Å². The van der Waals surface area contributed by atoms with Crippen LogP contribution < -0.4 is 5.32 Å². The molecule has 6 rings (SSSR count). The number of aromatic amines is 1. The molecule has 4 aliphatic rings. The lowest BCUT2D eigenvalue weighted by molar-refractivity contribution is -0.142. The minimum atomic E-state index is -0.530. The molecule has 5 atom stereocenters. The van der Waals surface area contributed by atoms with Crippen LogP contribution in [0.4, 0.5) is 0 Å². The summed E-state index contributed by atoms with van der Waals surface area (Å²) in [6, 6.07) is 8.74. The van der Waals surface area contributed by atoms with Crippen LogP contribution in [-0.4, -0.2) is 68.9 Å². The largest absolute Gasteiger partial charge is 0.385 e. The summed E-state index contributed by atoms with van der Waals surface area (Å²) in [4.78, 5) is 20.3. The van der Waals surface area contributed by atoms with E-state index in [-0.39, 0.29) is 11.9 Å². The molecule has 6 heteroatoms. The van der Waals surface area contributed by atoms with E-state index in [9.17, 15) is 4.79 Å². The highest BCUT2D eigenvalue weighted by molar-refractivity contribution is 5.94.